The first kappa shape index (κ1) is 10.6. The molecule has 14 heavy (non-hydrogen) atoms. The molecule has 4 N–H and O–H groups in total. The Labute approximate surface area is 86.1 Å². The first-order valence-electron chi connectivity index (χ1n) is 3.78. The molecule has 76 valence electrons. The monoisotopic (exact) mass is 215 g/mol. The lowest BCUT2D eigenvalue weighted by Gasteiger charge is -2.07. The second-order valence-electron chi connectivity index (χ2n) is 2.44. The lowest BCUT2D eigenvalue weighted by Crippen LogP contribution is -2.34. The number of amides is 2. The highest BCUT2D eigenvalue weighted by molar-refractivity contribution is 6.33. The number of nitrogens with two attached hydrogens (primary N) is 1. The minimum Gasteiger partial charge on any atom is -0.497 e. The van der Waals surface area contributed by atoms with Gasteiger partial charge in [-0.25, -0.2) is 10.6 Å². The molecule has 6 heteroatoms. The van der Waals surface area contributed by atoms with Crippen molar-refractivity contribution in [2.45, 2.75) is 0 Å². The van der Waals surface area contributed by atoms with E-state index in [-0.39, 0.29) is 0 Å². The molecule has 0 heterocycles. The third kappa shape index (κ3) is 2.51. The summed E-state index contributed by atoms with van der Waals surface area (Å²) in [6, 6.07) is 4.36. The normalized spacial score (nSPS) is 9.36. The zero-order valence-corrected chi connectivity index (χ0v) is 8.26. The molecule has 1 rings (SSSR count). The van der Waals surface area contributed by atoms with E-state index in [4.69, 9.17) is 22.2 Å². The molecule has 0 atom stereocenters. The zero-order valence-electron chi connectivity index (χ0n) is 7.50. The van der Waals surface area contributed by atoms with Crippen LogP contribution >= 0.6 is 11.6 Å². The van der Waals surface area contributed by atoms with E-state index >= 15 is 0 Å². The Morgan fingerprint density at radius 1 is 1.57 bits per heavy atom. The summed E-state index contributed by atoms with van der Waals surface area (Å²) in [4.78, 5) is 10.9. The summed E-state index contributed by atoms with van der Waals surface area (Å²) in [6.07, 6.45) is 0. The van der Waals surface area contributed by atoms with Crippen LogP contribution in [0.25, 0.3) is 0 Å². The van der Waals surface area contributed by atoms with Crippen LogP contribution in [-0.4, -0.2) is 13.1 Å². The lowest BCUT2D eigenvalue weighted by atomic mass is 10.3. The van der Waals surface area contributed by atoms with Crippen molar-refractivity contribution >= 4 is 23.3 Å². The fourth-order valence-corrected chi connectivity index (χ4v) is 1.05. The highest BCUT2D eigenvalue weighted by Crippen LogP contribution is 2.26. The number of anilines is 1. The molecule has 0 radical (unpaired) electrons. The van der Waals surface area contributed by atoms with Crippen LogP contribution in [0.1, 0.15) is 0 Å². The predicted octanol–water partition coefficient (Wildman–Crippen LogP) is 1.34. The van der Waals surface area contributed by atoms with E-state index in [0.29, 0.717) is 16.5 Å². The second kappa shape index (κ2) is 4.69. The number of rotatable bonds is 2. The number of hydrogen-bond donors (Lipinski definition) is 3. The van der Waals surface area contributed by atoms with E-state index in [2.05, 4.69) is 5.32 Å². The van der Waals surface area contributed by atoms with Crippen LogP contribution in [0, 0.1) is 0 Å². The van der Waals surface area contributed by atoms with Crippen LogP contribution < -0.4 is 21.3 Å². The molecule has 2 amide bonds. The number of nitrogens with one attached hydrogen (secondary N) is 2. The summed E-state index contributed by atoms with van der Waals surface area (Å²) in [7, 11) is 1.52. The van der Waals surface area contributed by atoms with Gasteiger partial charge in [-0.2, -0.15) is 0 Å². The van der Waals surface area contributed by atoms with Crippen molar-refractivity contribution < 1.29 is 9.53 Å². The van der Waals surface area contributed by atoms with Crippen LogP contribution in [0.2, 0.25) is 5.02 Å². The molecule has 0 saturated heterocycles. The minimum absolute atomic E-state index is 0.411. The van der Waals surface area contributed by atoms with Gasteiger partial charge in [-0.05, 0) is 12.1 Å². The molecule has 0 spiro atoms. The van der Waals surface area contributed by atoms with Crippen LogP contribution in [-0.2, 0) is 0 Å². The number of hydrazine groups is 1. The summed E-state index contributed by atoms with van der Waals surface area (Å²) in [5, 5.41) is 2.86. The number of ether oxygens (including phenoxy) is 1. The van der Waals surface area contributed by atoms with Crippen LogP contribution in [0.4, 0.5) is 10.5 Å². The second-order valence-corrected chi connectivity index (χ2v) is 2.85. The molecule has 5 nitrogen and oxygen atoms in total. The molecule has 0 aliphatic heterocycles. The third-order valence-electron chi connectivity index (χ3n) is 1.55. The Morgan fingerprint density at radius 3 is 2.86 bits per heavy atom. The minimum atomic E-state index is -0.542. The molecule has 0 aliphatic rings. The summed E-state index contributed by atoms with van der Waals surface area (Å²) in [5.74, 6) is 5.50. The molecule has 0 fully saturated rings. The van der Waals surface area contributed by atoms with Gasteiger partial charge < -0.3 is 10.1 Å². The Balaban J connectivity index is 2.89. The maximum atomic E-state index is 10.9. The van der Waals surface area contributed by atoms with Gasteiger partial charge in [-0.1, -0.05) is 11.6 Å². The van der Waals surface area contributed by atoms with Crippen LogP contribution in [0.15, 0.2) is 18.2 Å². The molecule has 0 bridgehead atoms. The van der Waals surface area contributed by atoms with Gasteiger partial charge >= 0.3 is 6.03 Å². The van der Waals surface area contributed by atoms with E-state index in [1.165, 1.54) is 7.11 Å². The maximum Gasteiger partial charge on any atom is 0.333 e. The van der Waals surface area contributed by atoms with Crippen molar-refractivity contribution in [3.05, 3.63) is 23.2 Å². The summed E-state index contributed by atoms with van der Waals surface area (Å²) >= 11 is 5.82. The number of carbonyl (C=O) groups excluding carboxylic acids is 1. The van der Waals surface area contributed by atoms with E-state index in [0.717, 1.165) is 0 Å². The molecule has 0 aliphatic carbocycles. The van der Waals surface area contributed by atoms with Gasteiger partial charge in [-0.15, -0.1) is 0 Å². The standard InChI is InChI=1S/C8H10ClN3O2/c1-14-5-2-3-6(9)7(4-5)11-8(13)12-10/h2-4H,10H2,1H3,(H2,11,12,13). The smallest absolute Gasteiger partial charge is 0.333 e. The maximum absolute atomic E-state index is 10.9. The average Bonchev–Trinajstić information content (AvgIpc) is 2.21. The number of hydrogen-bond acceptors (Lipinski definition) is 3. The Bertz CT molecular complexity index is 343. The predicted molar refractivity (Wildman–Crippen MR) is 54.3 cm³/mol. The first-order chi connectivity index (χ1) is 6.67. The number of carbonyl (C=O) groups is 1. The quantitative estimate of drug-likeness (QED) is 0.396. The molecule has 1 aromatic rings. The van der Waals surface area contributed by atoms with Gasteiger partial charge in [0.15, 0.2) is 0 Å². The molecule has 0 aromatic heterocycles. The molecule has 1 aromatic carbocycles. The van der Waals surface area contributed by atoms with Gasteiger partial charge in [0.2, 0.25) is 0 Å². The van der Waals surface area contributed by atoms with Gasteiger partial charge in [0.25, 0.3) is 0 Å². The van der Waals surface area contributed by atoms with Crippen molar-refractivity contribution in [2.75, 3.05) is 12.4 Å². The van der Waals surface area contributed by atoms with Crippen molar-refractivity contribution in [1.82, 2.24) is 5.43 Å². The summed E-state index contributed by atoms with van der Waals surface area (Å²) in [6.45, 7) is 0. The molecular formula is C8H10ClN3O2. The average molecular weight is 216 g/mol. The molecular weight excluding hydrogens is 206 g/mol. The highest BCUT2D eigenvalue weighted by atomic mass is 35.5. The van der Waals surface area contributed by atoms with Gasteiger partial charge in [0, 0.05) is 6.07 Å². The van der Waals surface area contributed by atoms with E-state index in [9.17, 15) is 4.79 Å². The third-order valence-corrected chi connectivity index (χ3v) is 1.88. The number of urea groups is 1. The van der Waals surface area contributed by atoms with Crippen LogP contribution in [0.5, 0.6) is 5.75 Å². The van der Waals surface area contributed by atoms with Gasteiger partial charge in [-0.3, -0.25) is 5.43 Å². The van der Waals surface area contributed by atoms with Crippen molar-refractivity contribution in [3.8, 4) is 5.75 Å². The molecule has 0 saturated carbocycles. The van der Waals surface area contributed by atoms with Crippen molar-refractivity contribution in [3.63, 3.8) is 0 Å². The van der Waals surface area contributed by atoms with Crippen molar-refractivity contribution in [1.29, 1.82) is 0 Å². The number of halogens is 1. The number of benzene rings is 1. The summed E-state index contributed by atoms with van der Waals surface area (Å²) in [5.41, 5.74) is 2.37. The Morgan fingerprint density at radius 2 is 2.29 bits per heavy atom. The fraction of sp³-hybridized carbons (Fsp3) is 0.125. The zero-order chi connectivity index (χ0) is 10.6. The van der Waals surface area contributed by atoms with Crippen molar-refractivity contribution in [2.24, 2.45) is 5.84 Å². The molecule has 0 unspecified atom stereocenters. The van der Waals surface area contributed by atoms with E-state index in [1.54, 1.807) is 18.2 Å². The Hall–Kier alpha value is -1.46. The summed E-state index contributed by atoms with van der Waals surface area (Å²) < 4.78 is 4.96. The van der Waals surface area contributed by atoms with E-state index in [1.807, 2.05) is 5.43 Å². The van der Waals surface area contributed by atoms with E-state index < -0.39 is 6.03 Å². The van der Waals surface area contributed by atoms with Gasteiger partial charge in [0.1, 0.15) is 5.75 Å². The highest BCUT2D eigenvalue weighted by Gasteiger charge is 2.05. The topological polar surface area (TPSA) is 76.4 Å². The first-order valence-corrected chi connectivity index (χ1v) is 4.16. The SMILES string of the molecule is COc1ccc(Cl)c(NC(=O)NN)c1. The largest absolute Gasteiger partial charge is 0.497 e. The fourth-order valence-electron chi connectivity index (χ4n) is 0.886. The number of methoxy groups -OCH3 is 1. The Kier molecular flexibility index (Phi) is 3.55. The van der Waals surface area contributed by atoms with Crippen LogP contribution in [0.3, 0.4) is 0 Å². The van der Waals surface area contributed by atoms with Gasteiger partial charge in [0.05, 0.1) is 17.8 Å². The lowest BCUT2D eigenvalue weighted by molar-refractivity contribution is 0.252.